The maximum absolute atomic E-state index is 13.2. The van der Waals surface area contributed by atoms with E-state index in [2.05, 4.69) is 5.32 Å². The van der Waals surface area contributed by atoms with Gasteiger partial charge < -0.3 is 5.32 Å². The molecule has 176 valence electrons. The molecule has 3 unspecified atom stereocenters. The molecule has 0 bridgehead atoms. The second kappa shape index (κ2) is 10.1. The summed E-state index contributed by atoms with van der Waals surface area (Å²) >= 11 is 1.56. The van der Waals surface area contributed by atoms with Crippen LogP contribution in [-0.2, 0) is 24.0 Å². The van der Waals surface area contributed by atoms with E-state index in [0.717, 1.165) is 12.8 Å². The summed E-state index contributed by atoms with van der Waals surface area (Å²) < 4.78 is 0. The molecule has 9 heteroatoms. The first-order valence-electron chi connectivity index (χ1n) is 11.5. The van der Waals surface area contributed by atoms with Gasteiger partial charge in [-0.25, -0.2) is 0 Å². The number of benzene rings is 1. The van der Waals surface area contributed by atoms with Crippen LogP contribution in [0.25, 0.3) is 0 Å². The average molecular weight is 472 g/mol. The number of carbonyl (C=O) groups is 5. The van der Waals surface area contributed by atoms with E-state index in [4.69, 9.17) is 0 Å². The Morgan fingerprint density at radius 1 is 0.970 bits per heavy atom. The van der Waals surface area contributed by atoms with Gasteiger partial charge in [0.25, 0.3) is 0 Å². The summed E-state index contributed by atoms with van der Waals surface area (Å²) in [5.74, 6) is -1.25. The van der Waals surface area contributed by atoms with Gasteiger partial charge in [-0.15, -0.1) is 0 Å². The van der Waals surface area contributed by atoms with Crippen molar-refractivity contribution in [2.75, 3.05) is 22.2 Å². The normalized spacial score (nSPS) is 24.2. The van der Waals surface area contributed by atoms with Gasteiger partial charge in [0, 0.05) is 18.5 Å². The highest BCUT2D eigenvalue weighted by Gasteiger charge is 2.51. The fraction of sp³-hybridized carbons (Fsp3) is 0.542. The van der Waals surface area contributed by atoms with E-state index in [-0.39, 0.29) is 35.5 Å². The Morgan fingerprint density at radius 3 is 2.09 bits per heavy atom. The topological polar surface area (TPSA) is 104 Å². The number of rotatable bonds is 7. The van der Waals surface area contributed by atoms with Crippen molar-refractivity contribution < 1.29 is 24.0 Å². The quantitative estimate of drug-likeness (QED) is 0.613. The first-order valence-corrected chi connectivity index (χ1v) is 12.9. The fourth-order valence-corrected chi connectivity index (χ4v) is 5.52. The van der Waals surface area contributed by atoms with E-state index in [9.17, 15) is 24.0 Å². The maximum atomic E-state index is 13.2. The van der Waals surface area contributed by atoms with Crippen molar-refractivity contribution >= 4 is 52.7 Å². The third-order valence-corrected chi connectivity index (χ3v) is 7.40. The van der Waals surface area contributed by atoms with Crippen molar-refractivity contribution in [2.45, 2.75) is 57.4 Å². The van der Waals surface area contributed by atoms with E-state index in [0.29, 0.717) is 55.7 Å². The number of nitrogens with zero attached hydrogens (tertiary/aromatic N) is 2. The molecule has 2 saturated heterocycles. The van der Waals surface area contributed by atoms with Crippen LogP contribution in [0.5, 0.6) is 0 Å². The second-order valence-corrected chi connectivity index (χ2v) is 9.84. The van der Waals surface area contributed by atoms with Crippen molar-refractivity contribution in [3.05, 3.63) is 24.3 Å². The van der Waals surface area contributed by atoms with Gasteiger partial charge in [0.15, 0.2) is 0 Å². The van der Waals surface area contributed by atoms with Crippen LogP contribution in [0.15, 0.2) is 24.3 Å². The molecule has 1 N–H and O–H groups in total. The minimum atomic E-state index is -0.854. The standard InChI is InChI=1S/C24H29N3O5S/c1-33-14-13-19(27-23(31)17-5-2-3-6-18(17)24(27)32)22(30)25-15-9-11-16(12-10-15)26-20(28)7-4-8-21(26)29/h9-12,17-19H,2-8,13-14H2,1H3,(H,25,30). The second-order valence-electron chi connectivity index (χ2n) is 8.85. The molecule has 4 rings (SSSR count). The van der Waals surface area contributed by atoms with E-state index < -0.39 is 11.9 Å². The number of carbonyl (C=O) groups excluding carboxylic acids is 5. The Morgan fingerprint density at radius 2 is 1.55 bits per heavy atom. The minimum Gasteiger partial charge on any atom is -0.324 e. The Labute approximate surface area is 197 Å². The van der Waals surface area contributed by atoms with Crippen LogP contribution in [0, 0.1) is 11.8 Å². The summed E-state index contributed by atoms with van der Waals surface area (Å²) in [6, 6.07) is 5.64. The molecule has 1 saturated carbocycles. The molecule has 3 atom stereocenters. The summed E-state index contributed by atoms with van der Waals surface area (Å²) in [6.07, 6.45) is 6.82. The molecule has 2 aliphatic heterocycles. The zero-order valence-corrected chi connectivity index (χ0v) is 19.6. The van der Waals surface area contributed by atoms with Crippen molar-refractivity contribution in [1.82, 2.24) is 4.90 Å². The lowest BCUT2D eigenvalue weighted by Gasteiger charge is -2.26. The van der Waals surface area contributed by atoms with Gasteiger partial charge >= 0.3 is 0 Å². The van der Waals surface area contributed by atoms with Gasteiger partial charge in [-0.2, -0.15) is 11.8 Å². The predicted molar refractivity (Wildman–Crippen MR) is 126 cm³/mol. The molecule has 0 spiro atoms. The fourth-order valence-electron chi connectivity index (χ4n) is 5.06. The van der Waals surface area contributed by atoms with Crippen molar-refractivity contribution in [1.29, 1.82) is 0 Å². The molecule has 33 heavy (non-hydrogen) atoms. The summed E-state index contributed by atoms with van der Waals surface area (Å²) in [5.41, 5.74) is 0.946. The summed E-state index contributed by atoms with van der Waals surface area (Å²) in [4.78, 5) is 66.0. The number of nitrogens with one attached hydrogen (secondary N) is 1. The number of amides is 5. The molecule has 3 fully saturated rings. The molecule has 3 aliphatic rings. The SMILES string of the molecule is CSCCC(C(=O)Nc1ccc(N2C(=O)CCCC2=O)cc1)N1C(=O)C2CCCCC2C1=O. The number of thioether (sulfide) groups is 1. The lowest BCUT2D eigenvalue weighted by atomic mass is 9.81. The Kier molecular flexibility index (Phi) is 7.17. The lowest BCUT2D eigenvalue weighted by Crippen LogP contribution is -2.48. The van der Waals surface area contributed by atoms with E-state index in [1.165, 1.54) is 9.80 Å². The van der Waals surface area contributed by atoms with Gasteiger partial charge in [-0.3, -0.25) is 33.8 Å². The largest absolute Gasteiger partial charge is 0.324 e. The van der Waals surface area contributed by atoms with Gasteiger partial charge in [0.05, 0.1) is 17.5 Å². The van der Waals surface area contributed by atoms with Crippen LogP contribution in [-0.4, -0.2) is 52.5 Å². The molecule has 1 aliphatic carbocycles. The maximum Gasteiger partial charge on any atom is 0.247 e. The molecule has 0 radical (unpaired) electrons. The van der Waals surface area contributed by atoms with Crippen LogP contribution >= 0.6 is 11.8 Å². The van der Waals surface area contributed by atoms with Crippen LogP contribution in [0.3, 0.4) is 0 Å². The highest BCUT2D eigenvalue weighted by molar-refractivity contribution is 7.98. The van der Waals surface area contributed by atoms with E-state index >= 15 is 0 Å². The van der Waals surface area contributed by atoms with Gasteiger partial charge in [0.2, 0.25) is 29.5 Å². The third kappa shape index (κ3) is 4.69. The van der Waals surface area contributed by atoms with E-state index in [1.54, 1.807) is 36.0 Å². The number of imide groups is 2. The third-order valence-electron chi connectivity index (χ3n) is 6.76. The number of fused-ring (bicyclic) bond motifs is 1. The molecular formula is C24H29N3O5S. The zero-order chi connectivity index (χ0) is 23.5. The van der Waals surface area contributed by atoms with Crippen molar-refractivity contribution in [2.24, 2.45) is 11.8 Å². The van der Waals surface area contributed by atoms with Crippen LogP contribution < -0.4 is 10.2 Å². The zero-order valence-electron chi connectivity index (χ0n) is 18.7. The monoisotopic (exact) mass is 471 g/mol. The van der Waals surface area contributed by atoms with Gasteiger partial charge in [-0.05, 0) is 62.0 Å². The number of anilines is 2. The highest BCUT2D eigenvalue weighted by Crippen LogP contribution is 2.39. The first kappa shape index (κ1) is 23.5. The number of hydrogen-bond acceptors (Lipinski definition) is 6. The summed E-state index contributed by atoms with van der Waals surface area (Å²) in [6.45, 7) is 0. The highest BCUT2D eigenvalue weighted by atomic mass is 32.2. The molecule has 1 aromatic rings. The Balaban J connectivity index is 1.49. The van der Waals surface area contributed by atoms with Crippen molar-refractivity contribution in [3.63, 3.8) is 0 Å². The minimum absolute atomic E-state index is 0.219. The number of likely N-dealkylation sites (tertiary alicyclic amines) is 1. The average Bonchev–Trinajstić information content (AvgIpc) is 3.06. The number of hydrogen-bond donors (Lipinski definition) is 1. The molecule has 8 nitrogen and oxygen atoms in total. The molecule has 2 heterocycles. The molecular weight excluding hydrogens is 442 g/mol. The van der Waals surface area contributed by atoms with Crippen LogP contribution in [0.4, 0.5) is 11.4 Å². The molecule has 1 aromatic carbocycles. The van der Waals surface area contributed by atoms with Crippen LogP contribution in [0.1, 0.15) is 51.4 Å². The Bertz CT molecular complexity index is 923. The lowest BCUT2D eigenvalue weighted by molar-refractivity contribution is -0.146. The van der Waals surface area contributed by atoms with Gasteiger partial charge in [-0.1, -0.05) is 12.8 Å². The van der Waals surface area contributed by atoms with E-state index in [1.807, 2.05) is 6.26 Å². The summed E-state index contributed by atoms with van der Waals surface area (Å²) in [5, 5.41) is 2.82. The molecule has 0 aromatic heterocycles. The van der Waals surface area contributed by atoms with Crippen molar-refractivity contribution in [3.8, 4) is 0 Å². The first-order chi connectivity index (χ1) is 15.9. The Hall–Kier alpha value is -2.68. The van der Waals surface area contributed by atoms with Crippen LogP contribution in [0.2, 0.25) is 0 Å². The molecule has 5 amide bonds. The number of piperidine rings is 1. The van der Waals surface area contributed by atoms with Gasteiger partial charge in [0.1, 0.15) is 6.04 Å². The smallest absolute Gasteiger partial charge is 0.247 e. The predicted octanol–water partition coefficient (Wildman–Crippen LogP) is 2.97. The summed E-state index contributed by atoms with van der Waals surface area (Å²) in [7, 11) is 0.